The second kappa shape index (κ2) is 6.08. The topological polar surface area (TPSA) is 32.3 Å². The Balaban J connectivity index is 1.87. The van der Waals surface area contributed by atoms with Crippen LogP contribution in [-0.4, -0.2) is 30.4 Å². The van der Waals surface area contributed by atoms with Crippen LogP contribution in [0.15, 0.2) is 18.2 Å². The summed E-state index contributed by atoms with van der Waals surface area (Å²) in [5.74, 6) is 0.955. The van der Waals surface area contributed by atoms with Crippen molar-refractivity contribution in [3.8, 4) is 0 Å². The number of fused-ring (bicyclic) bond motifs is 1. The maximum atomic E-state index is 13.0. The molecule has 1 aliphatic carbocycles. The van der Waals surface area contributed by atoms with Gasteiger partial charge in [-0.25, -0.2) is 0 Å². The second-order valence-corrected chi connectivity index (χ2v) is 6.55. The Kier molecular flexibility index (Phi) is 4.18. The van der Waals surface area contributed by atoms with Crippen LogP contribution in [0.4, 0.5) is 5.69 Å². The summed E-state index contributed by atoms with van der Waals surface area (Å²) in [6, 6.07) is 6.56. The predicted molar refractivity (Wildman–Crippen MR) is 86.7 cm³/mol. The summed E-state index contributed by atoms with van der Waals surface area (Å²) in [7, 11) is 1.89. The van der Waals surface area contributed by atoms with Crippen LogP contribution in [-0.2, 0) is 0 Å². The molecule has 3 rings (SSSR count). The standard InChI is InChI=1S/C18H26N2O/c1-13-9-10-15(16(12-13)19-2)18(21)20-11-5-7-14-6-3-4-8-17(14)20/h9-10,12,14,17,19H,3-8,11H2,1-2H3/t14-,17-/m1/s1. The largest absolute Gasteiger partial charge is 0.387 e. The van der Waals surface area contributed by atoms with Gasteiger partial charge in [0, 0.05) is 25.3 Å². The highest BCUT2D eigenvalue weighted by Crippen LogP contribution is 2.36. The lowest BCUT2D eigenvalue weighted by molar-refractivity contribution is 0.0391. The summed E-state index contributed by atoms with van der Waals surface area (Å²) in [5.41, 5.74) is 2.97. The summed E-state index contributed by atoms with van der Waals surface area (Å²) in [5, 5.41) is 3.18. The maximum Gasteiger partial charge on any atom is 0.256 e. The van der Waals surface area contributed by atoms with E-state index in [9.17, 15) is 4.79 Å². The van der Waals surface area contributed by atoms with Crippen molar-refractivity contribution in [2.24, 2.45) is 5.92 Å². The first-order chi connectivity index (χ1) is 10.2. The van der Waals surface area contributed by atoms with Gasteiger partial charge < -0.3 is 10.2 Å². The minimum atomic E-state index is 0.218. The summed E-state index contributed by atoms with van der Waals surface area (Å²) >= 11 is 0. The second-order valence-electron chi connectivity index (χ2n) is 6.55. The average molecular weight is 286 g/mol. The molecule has 1 heterocycles. The SMILES string of the molecule is CNc1cc(C)ccc1C(=O)N1CCC[C@H]2CCCC[C@H]21. The molecule has 1 aromatic carbocycles. The van der Waals surface area contributed by atoms with E-state index in [-0.39, 0.29) is 5.91 Å². The fourth-order valence-electron chi connectivity index (χ4n) is 4.08. The molecule has 2 fully saturated rings. The summed E-state index contributed by atoms with van der Waals surface area (Å²) in [6.07, 6.45) is 7.58. The molecule has 0 spiro atoms. The molecule has 2 atom stereocenters. The number of nitrogens with zero attached hydrogens (tertiary/aromatic N) is 1. The summed E-state index contributed by atoms with van der Waals surface area (Å²) < 4.78 is 0. The van der Waals surface area contributed by atoms with Crippen LogP contribution in [0.2, 0.25) is 0 Å². The Morgan fingerprint density at radius 2 is 1.95 bits per heavy atom. The van der Waals surface area contributed by atoms with Crippen LogP contribution in [0.3, 0.4) is 0 Å². The van der Waals surface area contributed by atoms with E-state index in [1.54, 1.807) is 0 Å². The quantitative estimate of drug-likeness (QED) is 0.896. The van der Waals surface area contributed by atoms with E-state index in [4.69, 9.17) is 0 Å². The van der Waals surface area contributed by atoms with Gasteiger partial charge in [-0.3, -0.25) is 4.79 Å². The van der Waals surface area contributed by atoms with Gasteiger partial charge in [0.25, 0.3) is 5.91 Å². The molecular formula is C18H26N2O. The summed E-state index contributed by atoms with van der Waals surface area (Å²) in [4.78, 5) is 15.2. The molecular weight excluding hydrogens is 260 g/mol. The summed E-state index contributed by atoms with van der Waals surface area (Å²) in [6.45, 7) is 2.99. The van der Waals surface area contributed by atoms with Crippen molar-refractivity contribution in [1.82, 2.24) is 4.90 Å². The minimum Gasteiger partial charge on any atom is -0.387 e. The fraction of sp³-hybridized carbons (Fsp3) is 0.611. The van der Waals surface area contributed by atoms with Gasteiger partial charge in [0.15, 0.2) is 0 Å². The number of piperidine rings is 1. The smallest absolute Gasteiger partial charge is 0.256 e. The van der Waals surface area contributed by atoms with Gasteiger partial charge in [-0.2, -0.15) is 0 Å². The lowest BCUT2D eigenvalue weighted by atomic mass is 9.78. The lowest BCUT2D eigenvalue weighted by Crippen LogP contribution is -2.49. The Morgan fingerprint density at radius 3 is 2.76 bits per heavy atom. The van der Waals surface area contributed by atoms with Gasteiger partial charge in [0.05, 0.1) is 5.56 Å². The van der Waals surface area contributed by atoms with Crippen LogP contribution in [0.1, 0.15) is 54.4 Å². The number of hydrogen-bond acceptors (Lipinski definition) is 2. The van der Waals surface area contributed by atoms with Crippen molar-refractivity contribution < 1.29 is 4.79 Å². The number of hydrogen-bond donors (Lipinski definition) is 1. The minimum absolute atomic E-state index is 0.218. The first-order valence-electron chi connectivity index (χ1n) is 8.30. The number of amides is 1. The van der Waals surface area contributed by atoms with Crippen molar-refractivity contribution in [2.45, 2.75) is 51.5 Å². The Bertz CT molecular complexity index is 524. The van der Waals surface area contributed by atoms with E-state index >= 15 is 0 Å². The third-order valence-electron chi connectivity index (χ3n) is 5.18. The Hall–Kier alpha value is -1.51. The number of anilines is 1. The zero-order chi connectivity index (χ0) is 14.8. The number of aryl methyl sites for hydroxylation is 1. The highest BCUT2D eigenvalue weighted by atomic mass is 16.2. The van der Waals surface area contributed by atoms with E-state index in [0.717, 1.165) is 30.1 Å². The molecule has 3 nitrogen and oxygen atoms in total. The molecule has 1 saturated carbocycles. The van der Waals surface area contributed by atoms with Crippen molar-refractivity contribution >= 4 is 11.6 Å². The van der Waals surface area contributed by atoms with E-state index in [1.165, 1.54) is 37.7 Å². The maximum absolute atomic E-state index is 13.0. The highest BCUT2D eigenvalue weighted by molar-refractivity contribution is 6.00. The number of carbonyl (C=O) groups is 1. The van der Waals surface area contributed by atoms with Gasteiger partial charge >= 0.3 is 0 Å². The number of likely N-dealkylation sites (tertiary alicyclic amines) is 1. The van der Waals surface area contributed by atoms with E-state index in [2.05, 4.69) is 23.2 Å². The molecule has 21 heavy (non-hydrogen) atoms. The van der Waals surface area contributed by atoms with Gasteiger partial charge in [-0.1, -0.05) is 18.9 Å². The molecule has 1 N–H and O–H groups in total. The Morgan fingerprint density at radius 1 is 1.19 bits per heavy atom. The molecule has 0 aromatic heterocycles. The fourth-order valence-corrected chi connectivity index (χ4v) is 4.08. The number of nitrogens with one attached hydrogen (secondary N) is 1. The average Bonchev–Trinajstić information content (AvgIpc) is 2.53. The van der Waals surface area contributed by atoms with Crippen LogP contribution >= 0.6 is 0 Å². The van der Waals surface area contributed by atoms with Crippen molar-refractivity contribution in [3.63, 3.8) is 0 Å². The molecule has 0 radical (unpaired) electrons. The van der Waals surface area contributed by atoms with Crippen molar-refractivity contribution in [1.29, 1.82) is 0 Å². The molecule has 1 saturated heterocycles. The first kappa shape index (κ1) is 14.4. The molecule has 0 unspecified atom stereocenters. The van der Waals surface area contributed by atoms with E-state index < -0.39 is 0 Å². The van der Waals surface area contributed by atoms with Gasteiger partial charge in [-0.05, 0) is 56.2 Å². The number of benzene rings is 1. The van der Waals surface area contributed by atoms with Crippen molar-refractivity contribution in [2.75, 3.05) is 18.9 Å². The molecule has 1 aromatic rings. The van der Waals surface area contributed by atoms with Crippen LogP contribution in [0.5, 0.6) is 0 Å². The predicted octanol–water partition coefficient (Wildman–Crippen LogP) is 3.83. The van der Waals surface area contributed by atoms with Crippen LogP contribution in [0.25, 0.3) is 0 Å². The number of rotatable bonds is 2. The number of carbonyl (C=O) groups excluding carboxylic acids is 1. The third-order valence-corrected chi connectivity index (χ3v) is 5.18. The van der Waals surface area contributed by atoms with E-state index in [0.29, 0.717) is 6.04 Å². The third kappa shape index (κ3) is 2.78. The lowest BCUT2D eigenvalue weighted by Gasteiger charge is -2.44. The zero-order valence-corrected chi connectivity index (χ0v) is 13.2. The molecule has 2 aliphatic rings. The highest BCUT2D eigenvalue weighted by Gasteiger charge is 2.36. The zero-order valence-electron chi connectivity index (χ0n) is 13.2. The van der Waals surface area contributed by atoms with Crippen LogP contribution < -0.4 is 5.32 Å². The Labute approximate surface area is 127 Å². The molecule has 3 heteroatoms. The normalized spacial score (nSPS) is 25.3. The molecule has 1 amide bonds. The van der Waals surface area contributed by atoms with Crippen molar-refractivity contribution in [3.05, 3.63) is 29.3 Å². The monoisotopic (exact) mass is 286 g/mol. The molecule has 1 aliphatic heterocycles. The van der Waals surface area contributed by atoms with Crippen LogP contribution in [0, 0.1) is 12.8 Å². The van der Waals surface area contributed by atoms with Gasteiger partial charge in [-0.15, -0.1) is 0 Å². The molecule has 114 valence electrons. The first-order valence-corrected chi connectivity index (χ1v) is 8.30. The van der Waals surface area contributed by atoms with Gasteiger partial charge in [0.1, 0.15) is 0 Å². The van der Waals surface area contributed by atoms with E-state index in [1.807, 2.05) is 19.2 Å². The molecule has 0 bridgehead atoms. The van der Waals surface area contributed by atoms with Gasteiger partial charge in [0.2, 0.25) is 0 Å².